The number of Topliss-reactive ketones (excluding diaryl/α,β-unsaturated/α-hetero) is 1. The molecule has 11 rings (SSSR count). The standard InChI is InChI=1S/C81H100IN5O24S3/c1-14-87(77(94)84-46-30-28-45(29-31-46)38-83-78(95)104-39-51-49-25-20-18-23-47(49)48-24-19-21-26-50(48)51)53-40-103-58(36-57(53)98-9)109-71-66(91)63(42(3)106-76(71)108-56-27-17-15-16-22-33-81(97)37-55(89)64(85-79(96)102-13)61(56)52(81)32-34-112-114-80(6,7)8)86-111-59-35-54(88)73(44(5)105-59)113-74(93)60-41(2)62(82)69(72(101-12)68(60)99-10)110-75-67(92)70(100-11)65(90)43(4)107-75/h15-16,18-21,23-26,28-32,42-44,51,53-54,56-59,63,65-67,70-71,73,75-76,86,88,90-93,97,113H,14,34-40H2,1-13H3,(H,83,95)(H,84,94)(H,85,96)/b16-15?,52-32+/t42-,43+,44-,53+,54+,56+,57+,58+,59+,63-,65+,66+,67-,70-,71-,73-,75+,76+,81+/m1/s1. The number of nitrogens with one attached hydrogen (secondary N) is 4. The number of methoxy groups -OCH3 is 5. The van der Waals surface area contributed by atoms with Crippen LogP contribution in [0.3, 0.4) is 0 Å². The number of hydrogen-bond acceptors (Lipinski definition) is 26. The van der Waals surface area contributed by atoms with Gasteiger partial charge in [-0.05, 0) is 115 Å². The molecule has 618 valence electrons. The van der Waals surface area contributed by atoms with Crippen molar-refractivity contribution in [2.75, 3.05) is 66.4 Å². The number of ether oxygens (including phenoxy) is 13. The number of ketones is 1. The molecule has 4 heterocycles. The van der Waals surface area contributed by atoms with Crippen LogP contribution < -0.4 is 35.6 Å². The van der Waals surface area contributed by atoms with Crippen molar-refractivity contribution in [3.63, 3.8) is 0 Å². The van der Waals surface area contributed by atoms with Gasteiger partial charge in [-0.3, -0.25) is 14.9 Å². The summed E-state index contributed by atoms with van der Waals surface area (Å²) >= 11 is 2.24. The number of carbonyl (C=O) groups is 4. The van der Waals surface area contributed by atoms with Crippen LogP contribution in [0.1, 0.15) is 101 Å². The smallest absolute Gasteiger partial charge is 0.411 e. The maximum atomic E-state index is 14.4. The van der Waals surface area contributed by atoms with Gasteiger partial charge in [-0.25, -0.2) is 14.4 Å². The number of likely N-dealkylation sites (N-methyl/N-ethyl adjacent to an activating group) is 1. The number of anilines is 1. The van der Waals surface area contributed by atoms with Crippen molar-refractivity contribution in [2.24, 2.45) is 0 Å². The first kappa shape index (κ1) is 87.9. The number of benzene rings is 4. The van der Waals surface area contributed by atoms with Gasteiger partial charge in [0, 0.05) is 73.4 Å². The third-order valence-corrected chi connectivity index (χ3v) is 26.5. The second-order valence-electron chi connectivity index (χ2n) is 29.1. The van der Waals surface area contributed by atoms with Gasteiger partial charge in [0.05, 0.1) is 97.0 Å². The number of alkyl carbamates (subject to hydrolysis) is 2. The number of nitrogens with zero attached hydrogens (tertiary/aromatic N) is 1. The second-order valence-corrected chi connectivity index (χ2v) is 34.6. The van der Waals surface area contributed by atoms with E-state index in [0.717, 1.165) is 34.9 Å². The molecule has 0 radical (unpaired) electrons. The molecular formula is C81H100IN5O24S3. The Bertz CT molecular complexity index is 4330. The Balaban J connectivity index is 0.806. The lowest BCUT2D eigenvalue weighted by Crippen LogP contribution is -2.65. The molecule has 4 fully saturated rings. The van der Waals surface area contributed by atoms with E-state index in [-0.39, 0.29) is 112 Å². The van der Waals surface area contributed by atoms with Crippen LogP contribution in [-0.4, -0.2) is 246 Å². The van der Waals surface area contributed by atoms with E-state index >= 15 is 0 Å². The summed E-state index contributed by atoms with van der Waals surface area (Å²) < 4.78 is 79.7. The van der Waals surface area contributed by atoms with Gasteiger partial charge in [0.1, 0.15) is 48.3 Å². The maximum Gasteiger partial charge on any atom is 0.411 e. The number of allylic oxidation sites excluding steroid dienone is 3. The third-order valence-electron chi connectivity index (χ3n) is 20.5. The Labute approximate surface area is 687 Å². The van der Waals surface area contributed by atoms with Gasteiger partial charge in [-0.1, -0.05) is 133 Å². The summed E-state index contributed by atoms with van der Waals surface area (Å²) in [5.74, 6) is 11.3. The molecule has 0 spiro atoms. The average molecular weight is 1750 g/mol. The molecule has 29 nitrogen and oxygen atoms in total. The molecule has 0 unspecified atom stereocenters. The summed E-state index contributed by atoms with van der Waals surface area (Å²) in [6.45, 7) is 15.0. The Morgan fingerprint density at radius 3 is 2.12 bits per heavy atom. The number of rotatable bonds is 26. The lowest BCUT2D eigenvalue weighted by atomic mass is 9.75. The highest BCUT2D eigenvalue weighted by Gasteiger charge is 2.53. The molecule has 33 heteroatoms. The van der Waals surface area contributed by atoms with Crippen LogP contribution in [0.2, 0.25) is 0 Å². The molecule has 114 heavy (non-hydrogen) atoms. The summed E-state index contributed by atoms with van der Waals surface area (Å²) in [5, 5.41) is 78.8. The van der Waals surface area contributed by atoms with E-state index in [1.807, 2.05) is 74.6 Å². The number of fused-ring (bicyclic) bond motifs is 5. The van der Waals surface area contributed by atoms with Crippen LogP contribution in [0.15, 0.2) is 108 Å². The van der Waals surface area contributed by atoms with Crippen LogP contribution in [0.4, 0.5) is 20.1 Å². The van der Waals surface area contributed by atoms with Crippen molar-refractivity contribution in [3.8, 4) is 52.1 Å². The van der Waals surface area contributed by atoms with Crippen molar-refractivity contribution in [1.82, 2.24) is 21.0 Å². The zero-order chi connectivity index (χ0) is 82.0. The summed E-state index contributed by atoms with van der Waals surface area (Å²) in [5.41, 5.74) is 6.94. The number of carbonyl (C=O) groups excluding carboxylic acids is 4. The van der Waals surface area contributed by atoms with Gasteiger partial charge in [-0.15, -0.1) is 0 Å². The van der Waals surface area contributed by atoms with Crippen molar-refractivity contribution < 1.29 is 116 Å². The first-order valence-electron chi connectivity index (χ1n) is 37.3. The first-order valence-corrected chi connectivity index (χ1v) is 41.7. The summed E-state index contributed by atoms with van der Waals surface area (Å²) in [6, 6.07) is 20.9. The van der Waals surface area contributed by atoms with Crippen molar-refractivity contribution in [3.05, 3.63) is 139 Å². The van der Waals surface area contributed by atoms with E-state index in [0.29, 0.717) is 14.8 Å². The maximum absolute atomic E-state index is 14.4. The van der Waals surface area contributed by atoms with Gasteiger partial charge in [-0.2, -0.15) is 16.8 Å². The normalized spacial score (nSPS) is 29.9. The van der Waals surface area contributed by atoms with Crippen LogP contribution in [0.25, 0.3) is 11.1 Å². The van der Waals surface area contributed by atoms with E-state index in [1.165, 1.54) is 51.4 Å². The predicted molar refractivity (Wildman–Crippen MR) is 436 cm³/mol. The van der Waals surface area contributed by atoms with E-state index in [2.05, 4.69) is 69.4 Å². The molecule has 3 aliphatic carbocycles. The third kappa shape index (κ3) is 20.1. The largest absolute Gasteiger partial charge is 0.492 e. The molecule has 4 amide bonds. The number of amides is 4. The van der Waals surface area contributed by atoms with E-state index in [1.54, 1.807) is 73.7 Å². The summed E-state index contributed by atoms with van der Waals surface area (Å²) in [6.07, 6.45) is -16.0. The Kier molecular flexibility index (Phi) is 30.2. The lowest BCUT2D eigenvalue weighted by Gasteiger charge is -2.47. The molecule has 4 aromatic rings. The summed E-state index contributed by atoms with van der Waals surface area (Å²) in [7, 11) is 9.78. The molecule has 19 atom stereocenters. The molecule has 4 aliphatic heterocycles. The average Bonchev–Trinajstić information content (AvgIpc) is 0.798. The van der Waals surface area contributed by atoms with Gasteiger partial charge < -0.3 is 108 Å². The lowest BCUT2D eigenvalue weighted by molar-refractivity contribution is -0.337. The quantitative estimate of drug-likeness (QED) is 0.00535. The minimum atomic E-state index is -2.13. The monoisotopic (exact) mass is 1750 g/mol. The van der Waals surface area contributed by atoms with Crippen LogP contribution in [0, 0.1) is 34.2 Å². The predicted octanol–water partition coefficient (Wildman–Crippen LogP) is 8.33. The van der Waals surface area contributed by atoms with Crippen molar-refractivity contribution in [2.45, 2.75) is 207 Å². The number of aliphatic hydroxyl groups is 6. The second kappa shape index (κ2) is 39.1. The number of urea groups is 1. The summed E-state index contributed by atoms with van der Waals surface area (Å²) in [4.78, 5) is 62.9. The minimum absolute atomic E-state index is 0.0273. The zero-order valence-electron chi connectivity index (χ0n) is 65.4. The molecule has 10 N–H and O–H groups in total. The fourth-order valence-corrected chi connectivity index (χ4v) is 18.8. The first-order chi connectivity index (χ1) is 54.5. The highest BCUT2D eigenvalue weighted by Crippen LogP contribution is 2.49. The SMILES string of the molecule is CCN(C(=O)Nc1ccc(CNC(=O)OCC2c3ccccc3-c3ccccc32)cc1)[C@H]1CO[C@@H](O[C@H]2[C@H](O[C@H]3C#CC=CC#C[C@]4(O)CC(=O)C(NC(=O)OC)=C3/C4=C\CSSC(C)(C)C)O[C@H](C)[C@@H](NO[C@H]3C[C@H](O)[C@H]([SH]=C(O)c4c(C)c(I)c(O[C@@H]5O[C@@H](C)[C@H](O)[C@@H](OC)[C@H]5O)c(OC)c4OC)[C@@H](C)O3)[C@@H]2O)C[C@@H]1OC. The topological polar surface area (TPSA) is 370 Å². The number of halogens is 1. The van der Waals surface area contributed by atoms with Crippen LogP contribution in [0.5, 0.6) is 17.2 Å². The minimum Gasteiger partial charge on any atom is -0.492 e. The van der Waals surface area contributed by atoms with Gasteiger partial charge in [0.15, 0.2) is 41.8 Å². The highest BCUT2D eigenvalue weighted by atomic mass is 127. The number of hydrogen-bond donors (Lipinski definition) is 11. The van der Waals surface area contributed by atoms with Gasteiger partial charge >= 0.3 is 18.2 Å². The molecule has 0 aromatic heterocycles. The fourth-order valence-electron chi connectivity index (χ4n) is 14.8. The van der Waals surface area contributed by atoms with Gasteiger partial charge in [0.25, 0.3) is 0 Å². The number of hydroxylamine groups is 1. The Morgan fingerprint density at radius 2 is 1.47 bits per heavy atom. The molecule has 4 aromatic carbocycles. The molecule has 4 saturated heterocycles. The zero-order valence-corrected chi connectivity index (χ0v) is 70.1. The Morgan fingerprint density at radius 1 is 0.789 bits per heavy atom. The number of aliphatic hydroxyl groups excluding tert-OH is 5. The van der Waals surface area contributed by atoms with Crippen LogP contribution >= 0.6 is 55.5 Å². The van der Waals surface area contributed by atoms with Crippen molar-refractivity contribution in [1.29, 1.82) is 0 Å². The van der Waals surface area contributed by atoms with E-state index in [9.17, 15) is 49.8 Å². The molecule has 0 saturated carbocycles. The van der Waals surface area contributed by atoms with Gasteiger partial charge in [0.2, 0.25) is 12.0 Å². The van der Waals surface area contributed by atoms with Crippen LogP contribution in [-0.2, 0) is 63.5 Å². The molecular weight excluding hydrogens is 1650 g/mol. The molecule has 7 aliphatic rings. The fraction of sp³-hybridized carbons (Fsp3) is 0.519. The molecule has 2 bridgehead atoms. The highest BCUT2D eigenvalue weighted by molar-refractivity contribution is 14.1. The van der Waals surface area contributed by atoms with E-state index < -0.39 is 146 Å². The Hall–Kier alpha value is -6.89. The van der Waals surface area contributed by atoms with E-state index in [4.69, 9.17) is 66.4 Å². The van der Waals surface area contributed by atoms with Crippen molar-refractivity contribution >= 4 is 90.3 Å². The number of thiol groups is 1.